The molecule has 1 aliphatic carbocycles. The number of benzene rings is 1. The van der Waals surface area contributed by atoms with Crippen LogP contribution < -0.4 is 4.90 Å². The first-order chi connectivity index (χ1) is 8.40. The van der Waals surface area contributed by atoms with E-state index in [4.69, 9.17) is 11.6 Å². The zero-order valence-electron chi connectivity index (χ0n) is 9.38. The Bertz CT molecular complexity index is 457. The van der Waals surface area contributed by atoms with Crippen LogP contribution in [-0.4, -0.2) is 25.0 Å². The van der Waals surface area contributed by atoms with E-state index in [0.717, 1.165) is 12.8 Å². The van der Waals surface area contributed by atoms with E-state index in [-0.39, 0.29) is 11.6 Å². The van der Waals surface area contributed by atoms with E-state index in [1.807, 2.05) is 0 Å². The van der Waals surface area contributed by atoms with Crippen molar-refractivity contribution in [1.82, 2.24) is 0 Å². The summed E-state index contributed by atoms with van der Waals surface area (Å²) >= 11 is 5.73. The van der Waals surface area contributed by atoms with Gasteiger partial charge in [-0.05, 0) is 31.0 Å². The molecule has 0 amide bonds. The molecule has 6 heteroatoms. The zero-order valence-corrected chi connectivity index (χ0v) is 10.1. The maximum absolute atomic E-state index is 12.5. The highest BCUT2D eigenvalue weighted by atomic mass is 35.5. The van der Waals surface area contributed by atoms with Crippen LogP contribution >= 0.6 is 11.6 Å². The van der Waals surface area contributed by atoms with Gasteiger partial charge in [-0.1, -0.05) is 11.6 Å². The summed E-state index contributed by atoms with van der Waals surface area (Å²) in [6.45, 7) is -1.04. The van der Waals surface area contributed by atoms with Crippen molar-refractivity contribution in [3.63, 3.8) is 0 Å². The third-order valence-corrected chi connectivity index (χ3v) is 3.00. The van der Waals surface area contributed by atoms with Gasteiger partial charge in [-0.25, -0.2) is 0 Å². The lowest BCUT2D eigenvalue weighted by Crippen LogP contribution is -2.36. The van der Waals surface area contributed by atoms with Gasteiger partial charge in [0.1, 0.15) is 6.54 Å². The normalized spacial score (nSPS) is 15.6. The molecule has 0 spiro atoms. The average molecular weight is 278 g/mol. The van der Waals surface area contributed by atoms with Crippen LogP contribution in [0, 0.1) is 0 Å². The number of hydrogen-bond donors (Lipinski definition) is 0. The summed E-state index contributed by atoms with van der Waals surface area (Å²) in [5.74, 6) is 0. The Kier molecular flexibility index (Phi) is 3.52. The van der Waals surface area contributed by atoms with Crippen molar-refractivity contribution in [2.45, 2.75) is 25.1 Å². The summed E-state index contributed by atoms with van der Waals surface area (Å²) in [5, 5.41) is 0.337. The molecule has 0 N–H and O–H groups in total. The van der Waals surface area contributed by atoms with E-state index in [0.29, 0.717) is 17.0 Å². The quantitative estimate of drug-likeness (QED) is 0.783. The van der Waals surface area contributed by atoms with Crippen LogP contribution in [0.1, 0.15) is 23.2 Å². The van der Waals surface area contributed by atoms with Gasteiger partial charge in [0, 0.05) is 22.3 Å². The Morgan fingerprint density at radius 3 is 2.56 bits per heavy atom. The second-order valence-corrected chi connectivity index (χ2v) is 4.73. The SMILES string of the molecule is O=Cc1cc(Cl)ccc1N(CC(F)(F)F)C1CC1. The predicted octanol–water partition coefficient (Wildman–Crippen LogP) is 3.68. The third kappa shape index (κ3) is 3.16. The fourth-order valence-corrected chi connectivity index (χ4v) is 2.05. The molecule has 98 valence electrons. The molecular weight excluding hydrogens is 267 g/mol. The molecule has 0 aromatic heterocycles. The molecule has 2 rings (SSSR count). The van der Waals surface area contributed by atoms with E-state index in [9.17, 15) is 18.0 Å². The first-order valence-electron chi connectivity index (χ1n) is 5.49. The summed E-state index contributed by atoms with van der Waals surface area (Å²) in [4.78, 5) is 12.2. The second-order valence-electron chi connectivity index (χ2n) is 4.30. The molecule has 1 saturated carbocycles. The lowest BCUT2D eigenvalue weighted by atomic mass is 10.1. The Labute approximate surface area is 107 Å². The summed E-state index contributed by atoms with van der Waals surface area (Å²) in [7, 11) is 0. The van der Waals surface area contributed by atoms with Crippen LogP contribution in [0.15, 0.2) is 18.2 Å². The van der Waals surface area contributed by atoms with Crippen LogP contribution in [0.3, 0.4) is 0 Å². The second kappa shape index (κ2) is 4.80. The van der Waals surface area contributed by atoms with E-state index < -0.39 is 12.7 Å². The number of aldehydes is 1. The number of anilines is 1. The topological polar surface area (TPSA) is 20.3 Å². The van der Waals surface area contributed by atoms with Gasteiger partial charge in [-0.3, -0.25) is 4.79 Å². The Morgan fingerprint density at radius 1 is 1.39 bits per heavy atom. The van der Waals surface area contributed by atoms with Gasteiger partial charge in [-0.15, -0.1) is 0 Å². The molecule has 0 saturated heterocycles. The number of nitrogens with zero attached hydrogens (tertiary/aromatic N) is 1. The number of alkyl halides is 3. The Hall–Kier alpha value is -1.23. The number of hydrogen-bond acceptors (Lipinski definition) is 2. The summed E-state index contributed by atoms with van der Waals surface area (Å²) in [6.07, 6.45) is -2.32. The maximum Gasteiger partial charge on any atom is 0.405 e. The molecule has 0 aliphatic heterocycles. The van der Waals surface area contributed by atoms with Gasteiger partial charge in [0.25, 0.3) is 0 Å². The molecule has 1 aromatic rings. The summed E-state index contributed by atoms with van der Waals surface area (Å²) < 4.78 is 37.6. The van der Waals surface area contributed by atoms with Crippen LogP contribution in [0.2, 0.25) is 5.02 Å². The van der Waals surface area contributed by atoms with Crippen molar-refractivity contribution in [1.29, 1.82) is 0 Å². The molecule has 0 bridgehead atoms. The molecule has 0 radical (unpaired) electrons. The maximum atomic E-state index is 12.5. The molecule has 0 unspecified atom stereocenters. The monoisotopic (exact) mass is 277 g/mol. The minimum atomic E-state index is -4.29. The van der Waals surface area contributed by atoms with Gasteiger partial charge in [0.05, 0.1) is 0 Å². The van der Waals surface area contributed by atoms with Crippen LogP contribution in [-0.2, 0) is 0 Å². The average Bonchev–Trinajstić information content (AvgIpc) is 3.08. The van der Waals surface area contributed by atoms with Gasteiger partial charge < -0.3 is 4.90 Å². The molecule has 1 fully saturated rings. The number of rotatable bonds is 4. The highest BCUT2D eigenvalue weighted by molar-refractivity contribution is 6.31. The third-order valence-electron chi connectivity index (χ3n) is 2.76. The van der Waals surface area contributed by atoms with Gasteiger partial charge >= 0.3 is 6.18 Å². The lowest BCUT2D eigenvalue weighted by molar-refractivity contribution is -0.120. The van der Waals surface area contributed by atoms with Gasteiger partial charge in [0.2, 0.25) is 0 Å². The fourth-order valence-electron chi connectivity index (χ4n) is 1.87. The molecule has 0 heterocycles. The van der Waals surface area contributed by atoms with E-state index in [1.165, 1.54) is 23.1 Å². The van der Waals surface area contributed by atoms with Crippen molar-refractivity contribution >= 4 is 23.6 Å². The zero-order chi connectivity index (χ0) is 13.3. The predicted molar refractivity (Wildman–Crippen MR) is 63.3 cm³/mol. The van der Waals surface area contributed by atoms with Crippen molar-refractivity contribution in [3.05, 3.63) is 28.8 Å². The van der Waals surface area contributed by atoms with Crippen molar-refractivity contribution in [2.75, 3.05) is 11.4 Å². The molecule has 18 heavy (non-hydrogen) atoms. The summed E-state index contributed by atoms with van der Waals surface area (Å²) in [6, 6.07) is 4.22. The van der Waals surface area contributed by atoms with Gasteiger partial charge in [-0.2, -0.15) is 13.2 Å². The molecule has 0 atom stereocenters. The van der Waals surface area contributed by atoms with E-state index in [2.05, 4.69) is 0 Å². The number of carbonyl (C=O) groups excluding carboxylic acids is 1. The minimum Gasteiger partial charge on any atom is -0.359 e. The molecule has 2 nitrogen and oxygen atoms in total. The van der Waals surface area contributed by atoms with Crippen molar-refractivity contribution in [3.8, 4) is 0 Å². The Morgan fingerprint density at radius 2 is 2.06 bits per heavy atom. The van der Waals surface area contributed by atoms with E-state index in [1.54, 1.807) is 0 Å². The fraction of sp³-hybridized carbons (Fsp3) is 0.417. The van der Waals surface area contributed by atoms with Crippen LogP contribution in [0.5, 0.6) is 0 Å². The van der Waals surface area contributed by atoms with Crippen molar-refractivity contribution in [2.24, 2.45) is 0 Å². The smallest absolute Gasteiger partial charge is 0.359 e. The lowest BCUT2D eigenvalue weighted by Gasteiger charge is -2.27. The van der Waals surface area contributed by atoms with Crippen LogP contribution in [0.4, 0.5) is 18.9 Å². The highest BCUT2D eigenvalue weighted by Gasteiger charge is 2.38. The molecular formula is C12H11ClF3NO. The first-order valence-corrected chi connectivity index (χ1v) is 5.86. The minimum absolute atomic E-state index is 0.133. The summed E-state index contributed by atoms with van der Waals surface area (Å²) in [5.41, 5.74) is 0.493. The van der Waals surface area contributed by atoms with Crippen molar-refractivity contribution < 1.29 is 18.0 Å². The van der Waals surface area contributed by atoms with Gasteiger partial charge in [0.15, 0.2) is 6.29 Å². The van der Waals surface area contributed by atoms with E-state index >= 15 is 0 Å². The highest BCUT2D eigenvalue weighted by Crippen LogP contribution is 2.36. The Balaban J connectivity index is 2.33. The standard InChI is InChI=1S/C12H11ClF3NO/c13-9-1-4-11(8(5-9)6-18)17(10-2-3-10)7-12(14,15)16/h1,4-6,10H,2-3,7H2. The molecule has 1 aliphatic rings. The number of carbonyl (C=O) groups is 1. The number of halogens is 4. The van der Waals surface area contributed by atoms with Crippen LogP contribution in [0.25, 0.3) is 0 Å². The molecule has 1 aromatic carbocycles. The first kappa shape index (κ1) is 13.2. The largest absolute Gasteiger partial charge is 0.405 e.